The molecule has 2 unspecified atom stereocenters. The molecule has 19 heavy (non-hydrogen) atoms. The third kappa shape index (κ3) is 5.22. The van der Waals surface area contributed by atoms with E-state index in [1.165, 1.54) is 5.56 Å². The van der Waals surface area contributed by atoms with Crippen LogP contribution in [0.3, 0.4) is 0 Å². The first-order valence-electron chi connectivity index (χ1n) is 6.75. The molecule has 0 fully saturated rings. The van der Waals surface area contributed by atoms with Crippen molar-refractivity contribution in [2.24, 2.45) is 5.73 Å². The van der Waals surface area contributed by atoms with Gasteiger partial charge in [-0.25, -0.2) is 0 Å². The van der Waals surface area contributed by atoms with E-state index < -0.39 is 0 Å². The molecular formula is C15H25BrN2O. The van der Waals surface area contributed by atoms with Gasteiger partial charge in [-0.2, -0.15) is 0 Å². The second kappa shape index (κ2) is 8.00. The lowest BCUT2D eigenvalue weighted by atomic mass is 10.00. The zero-order chi connectivity index (χ0) is 14.4. The average Bonchev–Trinajstić information content (AvgIpc) is 2.31. The van der Waals surface area contributed by atoms with Crippen molar-refractivity contribution in [2.75, 3.05) is 20.2 Å². The van der Waals surface area contributed by atoms with E-state index in [1.807, 2.05) is 19.1 Å². The molecule has 0 amide bonds. The molecule has 0 aliphatic heterocycles. The molecular weight excluding hydrogens is 304 g/mol. The summed E-state index contributed by atoms with van der Waals surface area (Å²) in [6, 6.07) is 8.50. The minimum Gasteiger partial charge on any atom is -0.377 e. The maximum Gasteiger partial charge on any atom is 0.0597 e. The van der Waals surface area contributed by atoms with Crippen LogP contribution in [-0.2, 0) is 4.74 Å². The fourth-order valence-corrected chi connectivity index (χ4v) is 2.73. The fourth-order valence-electron chi connectivity index (χ4n) is 2.21. The summed E-state index contributed by atoms with van der Waals surface area (Å²) in [5.74, 6) is 0. The van der Waals surface area contributed by atoms with Gasteiger partial charge in [-0.1, -0.05) is 34.1 Å². The second-order valence-corrected chi connectivity index (χ2v) is 6.08. The zero-order valence-electron chi connectivity index (χ0n) is 12.3. The zero-order valence-corrected chi connectivity index (χ0v) is 13.9. The van der Waals surface area contributed by atoms with E-state index in [1.54, 1.807) is 0 Å². The van der Waals surface area contributed by atoms with Crippen LogP contribution >= 0.6 is 15.9 Å². The van der Waals surface area contributed by atoms with Gasteiger partial charge in [0.1, 0.15) is 0 Å². The van der Waals surface area contributed by atoms with Crippen LogP contribution in [0.4, 0.5) is 0 Å². The molecule has 0 aliphatic carbocycles. The lowest BCUT2D eigenvalue weighted by Crippen LogP contribution is -2.39. The number of benzene rings is 1. The van der Waals surface area contributed by atoms with Gasteiger partial charge in [0.2, 0.25) is 0 Å². The number of likely N-dealkylation sites (N-methyl/N-ethyl adjacent to an activating group) is 1. The van der Waals surface area contributed by atoms with Crippen LogP contribution in [0.5, 0.6) is 0 Å². The van der Waals surface area contributed by atoms with Crippen molar-refractivity contribution in [2.45, 2.75) is 39.0 Å². The van der Waals surface area contributed by atoms with Crippen molar-refractivity contribution in [1.29, 1.82) is 0 Å². The highest BCUT2D eigenvalue weighted by atomic mass is 79.9. The smallest absolute Gasteiger partial charge is 0.0597 e. The molecule has 1 aromatic rings. The van der Waals surface area contributed by atoms with Crippen LogP contribution in [0.2, 0.25) is 0 Å². The normalized spacial score (nSPS) is 14.9. The van der Waals surface area contributed by atoms with Crippen molar-refractivity contribution in [3.05, 3.63) is 34.3 Å². The summed E-state index contributed by atoms with van der Waals surface area (Å²) in [7, 11) is 2.09. The topological polar surface area (TPSA) is 38.5 Å². The predicted molar refractivity (Wildman–Crippen MR) is 84.3 cm³/mol. The largest absolute Gasteiger partial charge is 0.377 e. The van der Waals surface area contributed by atoms with Gasteiger partial charge in [-0.3, -0.25) is 4.90 Å². The minimum atomic E-state index is 0.0581. The highest BCUT2D eigenvalue weighted by molar-refractivity contribution is 9.10. The summed E-state index contributed by atoms with van der Waals surface area (Å²) in [6.07, 6.45) is 0.269. The minimum absolute atomic E-state index is 0.0581. The number of halogens is 1. The van der Waals surface area contributed by atoms with Gasteiger partial charge >= 0.3 is 0 Å². The van der Waals surface area contributed by atoms with Gasteiger partial charge in [0.05, 0.1) is 18.8 Å². The number of nitrogens with zero attached hydrogens (tertiary/aromatic N) is 1. The first-order valence-corrected chi connectivity index (χ1v) is 7.54. The third-order valence-electron chi connectivity index (χ3n) is 3.09. The molecule has 0 radical (unpaired) electrons. The molecule has 0 spiro atoms. The Morgan fingerprint density at radius 3 is 2.42 bits per heavy atom. The van der Waals surface area contributed by atoms with E-state index in [0.29, 0.717) is 0 Å². The van der Waals surface area contributed by atoms with E-state index >= 15 is 0 Å². The van der Waals surface area contributed by atoms with Crippen molar-refractivity contribution in [1.82, 2.24) is 4.90 Å². The Morgan fingerprint density at radius 2 is 1.89 bits per heavy atom. The molecule has 0 aromatic heterocycles. The van der Waals surface area contributed by atoms with E-state index in [9.17, 15) is 0 Å². The molecule has 0 aliphatic rings. The van der Waals surface area contributed by atoms with Crippen molar-refractivity contribution >= 4 is 15.9 Å². The van der Waals surface area contributed by atoms with E-state index in [2.05, 4.69) is 53.9 Å². The highest BCUT2D eigenvalue weighted by Crippen LogP contribution is 2.28. The molecule has 2 atom stereocenters. The maximum atomic E-state index is 6.17. The van der Waals surface area contributed by atoms with E-state index in [-0.39, 0.29) is 18.2 Å². The van der Waals surface area contributed by atoms with Crippen molar-refractivity contribution < 1.29 is 4.74 Å². The number of hydrogen-bond donors (Lipinski definition) is 1. The van der Waals surface area contributed by atoms with Crippen LogP contribution in [0.15, 0.2) is 28.7 Å². The van der Waals surface area contributed by atoms with Crippen molar-refractivity contribution in [3.8, 4) is 0 Å². The van der Waals surface area contributed by atoms with Crippen LogP contribution in [-0.4, -0.2) is 37.2 Å². The SMILES string of the molecule is CC(C)OCCN(C)C(c1ccccc1Br)C(C)N. The van der Waals surface area contributed by atoms with Gasteiger partial charge in [-0.15, -0.1) is 0 Å². The summed E-state index contributed by atoms with van der Waals surface area (Å²) in [5, 5.41) is 0. The maximum absolute atomic E-state index is 6.17. The summed E-state index contributed by atoms with van der Waals surface area (Å²) in [4.78, 5) is 2.26. The van der Waals surface area contributed by atoms with Crippen LogP contribution in [0.1, 0.15) is 32.4 Å². The molecule has 1 aromatic carbocycles. The fraction of sp³-hybridized carbons (Fsp3) is 0.600. The monoisotopic (exact) mass is 328 g/mol. The van der Waals surface area contributed by atoms with Gasteiger partial charge in [0.15, 0.2) is 0 Å². The van der Waals surface area contributed by atoms with Gasteiger partial charge < -0.3 is 10.5 Å². The second-order valence-electron chi connectivity index (χ2n) is 5.23. The molecule has 0 bridgehead atoms. The quantitative estimate of drug-likeness (QED) is 0.835. The Labute approximate surface area is 125 Å². The standard InChI is InChI=1S/C15H25BrN2O/c1-11(2)19-10-9-18(4)15(12(3)17)13-7-5-6-8-14(13)16/h5-8,11-12,15H,9-10,17H2,1-4H3. The first-order chi connectivity index (χ1) is 8.93. The number of rotatable bonds is 7. The van der Waals surface area contributed by atoms with E-state index in [4.69, 9.17) is 10.5 Å². The molecule has 1 rings (SSSR count). The summed E-state index contributed by atoms with van der Waals surface area (Å²) >= 11 is 3.61. The molecule has 0 heterocycles. The molecule has 4 heteroatoms. The van der Waals surface area contributed by atoms with Crippen LogP contribution in [0.25, 0.3) is 0 Å². The van der Waals surface area contributed by atoms with Gasteiger partial charge in [0.25, 0.3) is 0 Å². The Balaban J connectivity index is 2.75. The molecule has 2 N–H and O–H groups in total. The Bertz CT molecular complexity index is 382. The number of hydrogen-bond acceptors (Lipinski definition) is 3. The highest BCUT2D eigenvalue weighted by Gasteiger charge is 2.22. The first kappa shape index (κ1) is 16.6. The number of nitrogens with two attached hydrogens (primary N) is 1. The summed E-state index contributed by atoms with van der Waals surface area (Å²) < 4.78 is 6.72. The van der Waals surface area contributed by atoms with Crippen molar-refractivity contribution in [3.63, 3.8) is 0 Å². The summed E-state index contributed by atoms with van der Waals surface area (Å²) in [6.45, 7) is 7.74. The Morgan fingerprint density at radius 1 is 1.26 bits per heavy atom. The van der Waals surface area contributed by atoms with Gasteiger partial charge in [0, 0.05) is 17.1 Å². The van der Waals surface area contributed by atoms with Gasteiger partial charge in [-0.05, 0) is 39.4 Å². The van der Waals surface area contributed by atoms with Crippen LogP contribution < -0.4 is 5.73 Å². The number of ether oxygens (including phenoxy) is 1. The molecule has 0 saturated carbocycles. The lowest BCUT2D eigenvalue weighted by molar-refractivity contribution is 0.0534. The average molecular weight is 329 g/mol. The Hall–Kier alpha value is -0.420. The predicted octanol–water partition coefficient (Wildman–Crippen LogP) is 3.19. The van der Waals surface area contributed by atoms with Crippen LogP contribution in [0, 0.1) is 0 Å². The summed E-state index contributed by atoms with van der Waals surface area (Å²) in [5.41, 5.74) is 7.39. The molecule has 108 valence electrons. The molecule has 3 nitrogen and oxygen atoms in total. The van der Waals surface area contributed by atoms with E-state index in [0.717, 1.165) is 17.6 Å². The third-order valence-corrected chi connectivity index (χ3v) is 3.81. The Kier molecular flexibility index (Phi) is 7.00. The lowest BCUT2D eigenvalue weighted by Gasteiger charge is -2.32. The molecule has 0 saturated heterocycles.